The van der Waals surface area contributed by atoms with E-state index in [-0.39, 0.29) is 22.5 Å². The fourth-order valence-electron chi connectivity index (χ4n) is 2.39. The molecule has 2 heterocycles. The molecule has 0 fully saturated rings. The van der Waals surface area contributed by atoms with Crippen LogP contribution in [-0.2, 0) is 17.6 Å². The van der Waals surface area contributed by atoms with Gasteiger partial charge in [0, 0.05) is 23.9 Å². The smallest absolute Gasteiger partial charge is 0.252 e. The molecule has 1 aromatic carbocycles. The van der Waals surface area contributed by atoms with Gasteiger partial charge in [-0.15, -0.1) is 11.8 Å². The molecule has 0 radical (unpaired) electrons. The van der Waals surface area contributed by atoms with Crippen molar-refractivity contribution >= 4 is 23.5 Å². The topological polar surface area (TPSA) is 101 Å². The van der Waals surface area contributed by atoms with Crippen molar-refractivity contribution in [3.05, 3.63) is 52.1 Å². The third-order valence-electron chi connectivity index (χ3n) is 3.41. The van der Waals surface area contributed by atoms with Crippen LogP contribution >= 0.6 is 11.8 Å². The van der Waals surface area contributed by atoms with Crippen molar-refractivity contribution in [3.8, 4) is 0 Å². The van der Waals surface area contributed by atoms with Crippen molar-refractivity contribution in [1.82, 2.24) is 15.3 Å². The first kappa shape index (κ1) is 14.6. The van der Waals surface area contributed by atoms with Gasteiger partial charge >= 0.3 is 0 Å². The largest absolute Gasteiger partial charge is 0.383 e. The Labute approximate surface area is 131 Å². The molecule has 4 N–H and O–H groups in total. The van der Waals surface area contributed by atoms with E-state index in [4.69, 9.17) is 5.73 Å². The van der Waals surface area contributed by atoms with Crippen molar-refractivity contribution in [1.29, 1.82) is 0 Å². The Hall–Kier alpha value is -2.28. The molecule has 0 saturated heterocycles. The van der Waals surface area contributed by atoms with Crippen LogP contribution < -0.4 is 16.6 Å². The molecule has 0 bridgehead atoms. The highest BCUT2D eigenvalue weighted by molar-refractivity contribution is 8.01. The first-order chi connectivity index (χ1) is 10.6. The van der Waals surface area contributed by atoms with E-state index < -0.39 is 0 Å². The summed E-state index contributed by atoms with van der Waals surface area (Å²) < 4.78 is 0. The summed E-state index contributed by atoms with van der Waals surface area (Å²) in [5, 5.41) is 2.79. The molecule has 1 atom stereocenters. The maximum absolute atomic E-state index is 12.2. The summed E-state index contributed by atoms with van der Waals surface area (Å²) in [4.78, 5) is 31.3. The quantitative estimate of drug-likeness (QED) is 0.772. The standard InChI is InChI=1S/C15H16N4O2S/c16-12-8-14(20)19-13(18-12)5-6-17-15(21)11-7-9-3-1-2-4-10(9)22-11/h1-4,8,11H,5-7H2,(H,17,21)(H3,16,18,19,20)/t11-/m1/s1. The Kier molecular flexibility index (Phi) is 4.15. The highest BCUT2D eigenvalue weighted by Gasteiger charge is 2.27. The van der Waals surface area contributed by atoms with Gasteiger partial charge in [-0.2, -0.15) is 0 Å². The fraction of sp³-hybridized carbons (Fsp3) is 0.267. The Morgan fingerprint density at radius 1 is 1.45 bits per heavy atom. The third kappa shape index (κ3) is 3.30. The molecule has 22 heavy (non-hydrogen) atoms. The van der Waals surface area contributed by atoms with Crippen molar-refractivity contribution < 1.29 is 4.79 Å². The van der Waals surface area contributed by atoms with E-state index in [1.54, 1.807) is 11.8 Å². The monoisotopic (exact) mass is 316 g/mol. The maximum Gasteiger partial charge on any atom is 0.252 e. The summed E-state index contributed by atoms with van der Waals surface area (Å²) in [5.74, 6) is 0.673. The molecular weight excluding hydrogens is 300 g/mol. The van der Waals surface area contributed by atoms with Gasteiger partial charge in [0.15, 0.2) is 0 Å². The van der Waals surface area contributed by atoms with Gasteiger partial charge in [-0.1, -0.05) is 18.2 Å². The van der Waals surface area contributed by atoms with Crippen LogP contribution in [0.4, 0.5) is 5.82 Å². The minimum absolute atomic E-state index is 0.00690. The number of aromatic amines is 1. The number of nitrogen functional groups attached to an aromatic ring is 1. The molecule has 0 saturated carbocycles. The van der Waals surface area contributed by atoms with Gasteiger partial charge in [0.05, 0.1) is 5.25 Å². The Bertz CT molecular complexity index is 734. The molecule has 1 aromatic heterocycles. The first-order valence-corrected chi connectivity index (χ1v) is 7.88. The van der Waals surface area contributed by atoms with E-state index >= 15 is 0 Å². The van der Waals surface area contributed by atoms with Gasteiger partial charge in [-0.25, -0.2) is 4.98 Å². The van der Waals surface area contributed by atoms with Crippen LogP contribution in [0, 0.1) is 0 Å². The number of carbonyl (C=O) groups excluding carboxylic acids is 1. The highest BCUT2D eigenvalue weighted by atomic mass is 32.2. The number of H-pyrrole nitrogens is 1. The minimum atomic E-state index is -0.282. The van der Waals surface area contributed by atoms with Gasteiger partial charge in [-0.05, 0) is 18.1 Å². The van der Waals surface area contributed by atoms with Crippen LogP contribution in [0.15, 0.2) is 40.0 Å². The summed E-state index contributed by atoms with van der Waals surface area (Å²) in [6, 6.07) is 9.29. The lowest BCUT2D eigenvalue weighted by Crippen LogP contribution is -2.34. The van der Waals surface area contributed by atoms with Crippen LogP contribution in [0.1, 0.15) is 11.4 Å². The molecule has 0 spiro atoms. The van der Waals surface area contributed by atoms with E-state index in [0.29, 0.717) is 18.8 Å². The summed E-state index contributed by atoms with van der Waals surface area (Å²) in [6.45, 7) is 0.415. The first-order valence-electron chi connectivity index (χ1n) is 7.00. The number of rotatable bonds is 4. The number of anilines is 1. The molecule has 0 unspecified atom stereocenters. The van der Waals surface area contributed by atoms with Gasteiger partial charge in [0.25, 0.3) is 5.56 Å². The predicted molar refractivity (Wildman–Crippen MR) is 85.8 cm³/mol. The van der Waals surface area contributed by atoms with Crippen molar-refractivity contribution in [2.24, 2.45) is 0 Å². The molecule has 7 heteroatoms. The molecule has 114 valence electrons. The average Bonchev–Trinajstić information content (AvgIpc) is 2.90. The second-order valence-electron chi connectivity index (χ2n) is 5.08. The summed E-state index contributed by atoms with van der Waals surface area (Å²) in [6.07, 6.45) is 1.19. The normalized spacial score (nSPS) is 16.3. The number of nitrogens with two attached hydrogens (primary N) is 1. The zero-order chi connectivity index (χ0) is 15.5. The van der Waals surface area contributed by atoms with Crippen molar-refractivity contribution in [2.45, 2.75) is 23.0 Å². The molecule has 2 aromatic rings. The Morgan fingerprint density at radius 2 is 2.27 bits per heavy atom. The maximum atomic E-state index is 12.2. The zero-order valence-corrected chi connectivity index (χ0v) is 12.7. The van der Waals surface area contributed by atoms with E-state index in [9.17, 15) is 9.59 Å². The summed E-state index contributed by atoms with van der Waals surface area (Å²) in [7, 11) is 0. The fourth-order valence-corrected chi connectivity index (χ4v) is 3.61. The lowest BCUT2D eigenvalue weighted by Gasteiger charge is -2.09. The van der Waals surface area contributed by atoms with Crippen LogP contribution in [0.3, 0.4) is 0 Å². The number of aromatic nitrogens is 2. The van der Waals surface area contributed by atoms with E-state index in [1.807, 2.05) is 18.2 Å². The SMILES string of the molecule is Nc1cc(=O)[nH]c(CCNC(=O)[C@H]2Cc3ccccc3S2)n1. The zero-order valence-electron chi connectivity index (χ0n) is 11.8. The Balaban J connectivity index is 1.52. The molecule has 1 amide bonds. The van der Waals surface area contributed by atoms with Crippen molar-refractivity contribution in [2.75, 3.05) is 12.3 Å². The molecule has 6 nitrogen and oxygen atoms in total. The molecule has 0 aliphatic carbocycles. The number of nitrogens with one attached hydrogen (secondary N) is 2. The van der Waals surface area contributed by atoms with Gasteiger partial charge in [0.2, 0.25) is 5.91 Å². The number of fused-ring (bicyclic) bond motifs is 1. The second kappa shape index (κ2) is 6.23. The van der Waals surface area contributed by atoms with Crippen LogP contribution in [-0.4, -0.2) is 27.7 Å². The van der Waals surface area contributed by atoms with Gasteiger partial charge in [0.1, 0.15) is 11.6 Å². The van der Waals surface area contributed by atoms with Gasteiger partial charge < -0.3 is 16.0 Å². The van der Waals surface area contributed by atoms with Crippen LogP contribution in [0.2, 0.25) is 0 Å². The molecule has 1 aliphatic heterocycles. The second-order valence-corrected chi connectivity index (χ2v) is 6.32. The number of nitrogens with zero attached hydrogens (tertiary/aromatic N) is 1. The lowest BCUT2D eigenvalue weighted by molar-refractivity contribution is -0.120. The van der Waals surface area contributed by atoms with Crippen LogP contribution in [0.25, 0.3) is 0 Å². The number of hydrogen-bond donors (Lipinski definition) is 3. The van der Waals surface area contributed by atoms with Crippen LogP contribution in [0.5, 0.6) is 0 Å². The number of benzene rings is 1. The third-order valence-corrected chi connectivity index (χ3v) is 4.73. The number of carbonyl (C=O) groups is 1. The Morgan fingerprint density at radius 3 is 3.05 bits per heavy atom. The van der Waals surface area contributed by atoms with Gasteiger partial charge in [-0.3, -0.25) is 9.59 Å². The van der Waals surface area contributed by atoms with E-state index in [0.717, 1.165) is 6.42 Å². The highest BCUT2D eigenvalue weighted by Crippen LogP contribution is 2.36. The number of hydrogen-bond acceptors (Lipinski definition) is 5. The molecule has 3 rings (SSSR count). The van der Waals surface area contributed by atoms with E-state index in [2.05, 4.69) is 21.4 Å². The van der Waals surface area contributed by atoms with E-state index in [1.165, 1.54) is 16.5 Å². The lowest BCUT2D eigenvalue weighted by atomic mass is 10.1. The van der Waals surface area contributed by atoms with Crippen molar-refractivity contribution in [3.63, 3.8) is 0 Å². The molecular formula is C15H16N4O2S. The average molecular weight is 316 g/mol. The number of amides is 1. The molecule has 1 aliphatic rings. The summed E-state index contributed by atoms with van der Waals surface area (Å²) >= 11 is 1.59. The summed E-state index contributed by atoms with van der Waals surface area (Å²) in [5.41, 5.74) is 6.45. The number of thioether (sulfide) groups is 1. The minimum Gasteiger partial charge on any atom is -0.383 e. The predicted octanol–water partition coefficient (Wildman–Crippen LogP) is 0.728.